The number of rotatable bonds is 2. The molecular weight excluding hydrogens is 256 g/mol. The van der Waals surface area contributed by atoms with Gasteiger partial charge in [0, 0.05) is 26.3 Å². The third-order valence-electron chi connectivity index (χ3n) is 2.81. The second-order valence-electron chi connectivity index (χ2n) is 4.05. The second kappa shape index (κ2) is 4.54. The molecular formula is C10H14N4O3S. The Morgan fingerprint density at radius 1 is 1.39 bits per heavy atom. The maximum Gasteiger partial charge on any atom is 0.263 e. The number of nitrogens with two attached hydrogens (primary N) is 1. The zero-order valence-corrected chi connectivity index (χ0v) is 10.7. The lowest BCUT2D eigenvalue weighted by atomic mass is 10.4. The molecule has 0 spiro atoms. The zero-order valence-electron chi connectivity index (χ0n) is 9.91. The highest BCUT2D eigenvalue weighted by atomic mass is 32.2. The minimum absolute atomic E-state index is 0.0869. The molecule has 98 valence electrons. The maximum atomic E-state index is 12.3. The summed E-state index contributed by atoms with van der Waals surface area (Å²) in [6.07, 6.45) is 1.36. The summed E-state index contributed by atoms with van der Waals surface area (Å²) in [5.74, 6) is -0.237. The summed E-state index contributed by atoms with van der Waals surface area (Å²) in [7, 11) is -2.16. The Bertz CT molecular complexity index is 572. The van der Waals surface area contributed by atoms with Gasteiger partial charge >= 0.3 is 0 Å². The number of hydrogen-bond donors (Lipinski definition) is 1. The summed E-state index contributed by atoms with van der Waals surface area (Å²) in [6.45, 7) is 0.445. The first-order valence-corrected chi connectivity index (χ1v) is 6.81. The van der Waals surface area contributed by atoms with Crippen LogP contribution in [0.15, 0.2) is 23.4 Å². The van der Waals surface area contributed by atoms with E-state index in [1.807, 2.05) is 0 Å². The number of nitrogen functional groups attached to an aromatic ring is 1. The molecule has 0 bridgehead atoms. The molecule has 2 rings (SSSR count). The van der Waals surface area contributed by atoms with Gasteiger partial charge in [-0.05, 0) is 12.1 Å². The highest BCUT2D eigenvalue weighted by Crippen LogP contribution is 2.20. The molecule has 1 aliphatic rings. The lowest BCUT2D eigenvalue weighted by Gasteiger charge is -2.30. The average Bonchev–Trinajstić information content (AvgIpc) is 2.33. The van der Waals surface area contributed by atoms with Crippen LogP contribution in [0.5, 0.6) is 0 Å². The van der Waals surface area contributed by atoms with Gasteiger partial charge in [0.25, 0.3) is 10.0 Å². The number of amides is 1. The van der Waals surface area contributed by atoms with Crippen LogP contribution in [0.1, 0.15) is 0 Å². The average molecular weight is 270 g/mol. The van der Waals surface area contributed by atoms with Crippen molar-refractivity contribution in [1.82, 2.24) is 14.2 Å². The third kappa shape index (κ3) is 2.16. The number of anilines is 1. The molecule has 7 nitrogen and oxygen atoms in total. The lowest BCUT2D eigenvalue weighted by Crippen LogP contribution is -2.50. The van der Waals surface area contributed by atoms with Gasteiger partial charge in [0.2, 0.25) is 5.91 Å². The highest BCUT2D eigenvalue weighted by Gasteiger charge is 2.33. The predicted molar refractivity (Wildman–Crippen MR) is 65.0 cm³/mol. The zero-order chi connectivity index (χ0) is 13.3. The monoisotopic (exact) mass is 270 g/mol. The molecule has 1 aliphatic heterocycles. The van der Waals surface area contributed by atoms with Gasteiger partial charge in [-0.1, -0.05) is 0 Å². The fraction of sp³-hybridized carbons (Fsp3) is 0.400. The van der Waals surface area contributed by atoms with Gasteiger partial charge in [-0.3, -0.25) is 4.79 Å². The van der Waals surface area contributed by atoms with Gasteiger partial charge in [0.1, 0.15) is 0 Å². The number of aromatic nitrogens is 1. The molecule has 1 aromatic heterocycles. The predicted octanol–water partition coefficient (Wildman–Crippen LogP) is -0.873. The number of carbonyl (C=O) groups is 1. The molecule has 1 fully saturated rings. The van der Waals surface area contributed by atoms with Crippen molar-refractivity contribution in [3.63, 3.8) is 0 Å². The Morgan fingerprint density at radius 2 is 2.11 bits per heavy atom. The van der Waals surface area contributed by atoms with Crippen LogP contribution in [0, 0.1) is 0 Å². The molecule has 18 heavy (non-hydrogen) atoms. The second-order valence-corrected chi connectivity index (χ2v) is 5.90. The van der Waals surface area contributed by atoms with Crippen molar-refractivity contribution in [2.45, 2.75) is 5.03 Å². The molecule has 0 aromatic carbocycles. The van der Waals surface area contributed by atoms with Gasteiger partial charge in [-0.25, -0.2) is 13.4 Å². The standard InChI is InChI=1S/C10H14N4O3S/c1-13-5-6-14(7-9(13)15)18(16,17)10-8(11)3-2-4-12-10/h2-4H,5-7,11H2,1H3. The number of carbonyl (C=O) groups excluding carboxylic acids is 1. The molecule has 0 radical (unpaired) electrons. The van der Waals surface area contributed by atoms with E-state index in [9.17, 15) is 13.2 Å². The fourth-order valence-electron chi connectivity index (χ4n) is 1.68. The van der Waals surface area contributed by atoms with Crippen LogP contribution in [0.2, 0.25) is 0 Å². The molecule has 0 atom stereocenters. The first-order chi connectivity index (χ1) is 8.43. The molecule has 0 saturated carbocycles. The SMILES string of the molecule is CN1CCN(S(=O)(=O)c2ncccc2N)CC1=O. The molecule has 1 aromatic rings. The molecule has 2 heterocycles. The van der Waals surface area contributed by atoms with E-state index < -0.39 is 10.0 Å². The third-order valence-corrected chi connectivity index (χ3v) is 4.63. The molecule has 0 aliphatic carbocycles. The van der Waals surface area contributed by atoms with Gasteiger partial charge in [0.15, 0.2) is 5.03 Å². The minimum Gasteiger partial charge on any atom is -0.396 e. The van der Waals surface area contributed by atoms with Crippen molar-refractivity contribution in [3.05, 3.63) is 18.3 Å². The first kappa shape index (κ1) is 12.8. The number of sulfonamides is 1. The van der Waals surface area contributed by atoms with Crippen LogP contribution in [0.3, 0.4) is 0 Å². The largest absolute Gasteiger partial charge is 0.396 e. The lowest BCUT2D eigenvalue weighted by molar-refractivity contribution is -0.132. The summed E-state index contributed by atoms with van der Waals surface area (Å²) >= 11 is 0. The summed E-state index contributed by atoms with van der Waals surface area (Å²) in [5.41, 5.74) is 5.70. The van der Waals surface area contributed by atoms with Crippen LogP contribution in [0.4, 0.5) is 5.69 Å². The molecule has 8 heteroatoms. The number of pyridine rings is 1. The molecule has 2 N–H and O–H groups in total. The van der Waals surface area contributed by atoms with Crippen molar-refractivity contribution in [1.29, 1.82) is 0 Å². The summed E-state index contributed by atoms with van der Waals surface area (Å²) in [4.78, 5) is 16.8. The van der Waals surface area contributed by atoms with E-state index in [2.05, 4.69) is 4.98 Å². The van der Waals surface area contributed by atoms with Crippen molar-refractivity contribution in [3.8, 4) is 0 Å². The van der Waals surface area contributed by atoms with E-state index in [0.29, 0.717) is 6.54 Å². The smallest absolute Gasteiger partial charge is 0.263 e. The number of piperazine rings is 1. The van der Waals surface area contributed by atoms with E-state index in [-0.39, 0.29) is 29.7 Å². The van der Waals surface area contributed by atoms with Crippen molar-refractivity contribution in [2.75, 3.05) is 32.4 Å². The van der Waals surface area contributed by atoms with Crippen LogP contribution in [-0.2, 0) is 14.8 Å². The minimum atomic E-state index is -3.80. The van der Waals surface area contributed by atoms with Crippen LogP contribution >= 0.6 is 0 Å². The van der Waals surface area contributed by atoms with Crippen LogP contribution in [-0.4, -0.2) is 55.2 Å². The Labute approximate surface area is 105 Å². The first-order valence-electron chi connectivity index (χ1n) is 5.37. The number of nitrogens with zero attached hydrogens (tertiary/aromatic N) is 3. The van der Waals surface area contributed by atoms with Gasteiger partial charge in [-0.15, -0.1) is 0 Å². The number of hydrogen-bond acceptors (Lipinski definition) is 5. The Hall–Kier alpha value is -1.67. The Balaban J connectivity index is 2.33. The van der Waals surface area contributed by atoms with Gasteiger partial charge in [-0.2, -0.15) is 4.31 Å². The van der Waals surface area contributed by atoms with Crippen LogP contribution < -0.4 is 5.73 Å². The molecule has 1 amide bonds. The summed E-state index contributed by atoms with van der Waals surface area (Å²) < 4.78 is 25.7. The van der Waals surface area contributed by atoms with Crippen LogP contribution in [0.25, 0.3) is 0 Å². The normalized spacial score (nSPS) is 18.1. The quantitative estimate of drug-likeness (QED) is 0.753. The Kier molecular flexibility index (Phi) is 3.22. The van der Waals surface area contributed by atoms with E-state index in [4.69, 9.17) is 5.73 Å². The van der Waals surface area contributed by atoms with E-state index in [1.54, 1.807) is 13.1 Å². The Morgan fingerprint density at radius 3 is 2.72 bits per heavy atom. The van der Waals surface area contributed by atoms with Crippen molar-refractivity contribution >= 4 is 21.6 Å². The highest BCUT2D eigenvalue weighted by molar-refractivity contribution is 7.89. The van der Waals surface area contributed by atoms with Crippen molar-refractivity contribution < 1.29 is 13.2 Å². The summed E-state index contributed by atoms with van der Waals surface area (Å²) in [5, 5.41) is -0.192. The fourth-order valence-corrected chi connectivity index (χ4v) is 3.09. The number of likely N-dealkylation sites (N-methyl/N-ethyl adjacent to an activating group) is 1. The van der Waals surface area contributed by atoms with Crippen molar-refractivity contribution in [2.24, 2.45) is 0 Å². The molecule has 0 unspecified atom stereocenters. The maximum absolute atomic E-state index is 12.3. The summed E-state index contributed by atoms with van der Waals surface area (Å²) in [6, 6.07) is 3.03. The van der Waals surface area contributed by atoms with E-state index >= 15 is 0 Å². The van der Waals surface area contributed by atoms with E-state index in [1.165, 1.54) is 17.2 Å². The van der Waals surface area contributed by atoms with E-state index in [0.717, 1.165) is 4.31 Å². The van der Waals surface area contributed by atoms with Gasteiger partial charge < -0.3 is 10.6 Å². The van der Waals surface area contributed by atoms with Gasteiger partial charge in [0.05, 0.1) is 12.2 Å². The topological polar surface area (TPSA) is 96.6 Å². The molecule has 1 saturated heterocycles.